The molecule has 0 spiro atoms. The number of nitrogens with one attached hydrogen (secondary N) is 1. The third-order valence-electron chi connectivity index (χ3n) is 4.52. The zero-order valence-corrected chi connectivity index (χ0v) is 16.8. The number of carbonyl (C=O) groups is 4. The van der Waals surface area contributed by atoms with E-state index in [4.69, 9.17) is 9.47 Å². The van der Waals surface area contributed by atoms with Crippen LogP contribution in [0.5, 0.6) is 0 Å². The second-order valence-corrected chi connectivity index (χ2v) is 7.60. The second-order valence-electron chi connectivity index (χ2n) is 6.50. The van der Waals surface area contributed by atoms with Gasteiger partial charge in [0, 0.05) is 10.4 Å². The Balaban J connectivity index is 1.66. The number of rotatable bonds is 7. The minimum absolute atomic E-state index is 0.238. The van der Waals surface area contributed by atoms with Gasteiger partial charge in [-0.3, -0.25) is 9.59 Å². The number of thiophene rings is 1. The Morgan fingerprint density at radius 1 is 1.07 bits per heavy atom. The Labute approximate surface area is 172 Å². The molecule has 1 aliphatic carbocycles. The van der Waals surface area contributed by atoms with E-state index in [1.165, 1.54) is 35.6 Å². The van der Waals surface area contributed by atoms with E-state index >= 15 is 0 Å². The van der Waals surface area contributed by atoms with Gasteiger partial charge in [0.1, 0.15) is 11.3 Å². The number of aryl methyl sites for hydroxylation is 1. The van der Waals surface area contributed by atoms with Crippen LogP contribution in [-0.2, 0) is 27.1 Å². The fourth-order valence-electron chi connectivity index (χ4n) is 3.15. The van der Waals surface area contributed by atoms with E-state index < -0.39 is 24.5 Å². The number of hydrogen-bond donors (Lipinski definition) is 1. The Morgan fingerprint density at radius 2 is 1.79 bits per heavy atom. The first-order chi connectivity index (χ1) is 14.0. The molecule has 152 valence electrons. The van der Waals surface area contributed by atoms with Crippen LogP contribution in [0.15, 0.2) is 24.3 Å². The van der Waals surface area contributed by atoms with Crippen LogP contribution in [0.2, 0.25) is 0 Å². The van der Waals surface area contributed by atoms with Gasteiger partial charge < -0.3 is 14.8 Å². The van der Waals surface area contributed by atoms with E-state index in [9.17, 15) is 19.2 Å². The highest BCUT2D eigenvalue weighted by Gasteiger charge is 2.27. The van der Waals surface area contributed by atoms with Crippen molar-refractivity contribution in [3.63, 3.8) is 0 Å². The highest BCUT2D eigenvalue weighted by Crippen LogP contribution is 2.38. The van der Waals surface area contributed by atoms with Crippen molar-refractivity contribution in [2.24, 2.45) is 0 Å². The Bertz CT molecular complexity index is 931. The molecule has 1 aromatic carbocycles. The van der Waals surface area contributed by atoms with E-state index in [1.54, 1.807) is 6.92 Å². The van der Waals surface area contributed by atoms with Gasteiger partial charge in [-0.25, -0.2) is 9.59 Å². The van der Waals surface area contributed by atoms with Crippen LogP contribution in [0.25, 0.3) is 0 Å². The van der Waals surface area contributed by atoms with Gasteiger partial charge in [0.25, 0.3) is 5.91 Å². The van der Waals surface area contributed by atoms with Crippen molar-refractivity contribution < 1.29 is 28.7 Å². The van der Waals surface area contributed by atoms with E-state index in [1.807, 2.05) is 0 Å². The summed E-state index contributed by atoms with van der Waals surface area (Å²) in [6.45, 7) is 1.49. The zero-order chi connectivity index (χ0) is 20.8. The second kappa shape index (κ2) is 9.47. The standard InChI is InChI=1S/C21H21NO6S/c1-2-27-21(26)18-15-5-3-4-6-16(15)29-19(18)22-17(24)12-28-20(25)14-9-7-13(11-23)8-10-14/h7-11H,2-6,12H2,1H3,(H,22,24). The van der Waals surface area contributed by atoms with Crippen LogP contribution < -0.4 is 5.32 Å². The maximum Gasteiger partial charge on any atom is 0.341 e. The molecular weight excluding hydrogens is 394 g/mol. The maximum atomic E-state index is 12.4. The lowest BCUT2D eigenvalue weighted by Gasteiger charge is -2.12. The average molecular weight is 415 g/mol. The zero-order valence-electron chi connectivity index (χ0n) is 16.0. The number of anilines is 1. The van der Waals surface area contributed by atoms with Gasteiger partial charge in [-0.15, -0.1) is 11.3 Å². The first kappa shape index (κ1) is 20.7. The first-order valence-electron chi connectivity index (χ1n) is 9.37. The Morgan fingerprint density at radius 3 is 2.48 bits per heavy atom. The molecule has 1 aromatic heterocycles. The predicted octanol–water partition coefficient (Wildman–Crippen LogP) is 3.41. The van der Waals surface area contributed by atoms with Gasteiger partial charge in [0.15, 0.2) is 6.61 Å². The maximum absolute atomic E-state index is 12.4. The lowest BCUT2D eigenvalue weighted by molar-refractivity contribution is -0.119. The smallest absolute Gasteiger partial charge is 0.341 e. The highest BCUT2D eigenvalue weighted by molar-refractivity contribution is 7.17. The van der Waals surface area contributed by atoms with Crippen molar-refractivity contribution in [3.8, 4) is 0 Å². The fraction of sp³-hybridized carbons (Fsp3) is 0.333. The molecule has 0 bridgehead atoms. The number of esters is 2. The van der Waals surface area contributed by atoms with Gasteiger partial charge in [0.2, 0.25) is 0 Å². The molecule has 29 heavy (non-hydrogen) atoms. The summed E-state index contributed by atoms with van der Waals surface area (Å²) in [7, 11) is 0. The van der Waals surface area contributed by atoms with E-state index in [0.717, 1.165) is 36.1 Å². The molecule has 2 aromatic rings. The molecule has 0 unspecified atom stereocenters. The van der Waals surface area contributed by atoms with Crippen molar-refractivity contribution in [1.29, 1.82) is 0 Å². The molecule has 0 atom stereocenters. The molecular formula is C21H21NO6S. The molecule has 0 saturated heterocycles. The topological polar surface area (TPSA) is 98.8 Å². The van der Waals surface area contributed by atoms with Crippen LogP contribution in [0, 0.1) is 0 Å². The summed E-state index contributed by atoms with van der Waals surface area (Å²) >= 11 is 1.37. The summed E-state index contributed by atoms with van der Waals surface area (Å²) in [4.78, 5) is 48.5. The van der Waals surface area contributed by atoms with Crippen molar-refractivity contribution in [2.45, 2.75) is 32.6 Å². The van der Waals surface area contributed by atoms with Gasteiger partial charge in [-0.05, 0) is 50.3 Å². The summed E-state index contributed by atoms with van der Waals surface area (Å²) in [5.41, 5.74) is 2.03. The number of hydrogen-bond acceptors (Lipinski definition) is 7. The molecule has 7 nitrogen and oxygen atoms in total. The van der Waals surface area contributed by atoms with Crippen molar-refractivity contribution >= 4 is 40.5 Å². The fourth-order valence-corrected chi connectivity index (χ4v) is 4.44. The molecule has 3 rings (SSSR count). The van der Waals surface area contributed by atoms with Crippen molar-refractivity contribution in [2.75, 3.05) is 18.5 Å². The number of fused-ring (bicyclic) bond motifs is 1. The largest absolute Gasteiger partial charge is 0.462 e. The minimum atomic E-state index is -0.673. The lowest BCUT2D eigenvalue weighted by Crippen LogP contribution is -2.22. The number of aldehydes is 1. The summed E-state index contributed by atoms with van der Waals surface area (Å²) < 4.78 is 10.2. The van der Waals surface area contributed by atoms with Crippen LogP contribution in [-0.4, -0.2) is 37.3 Å². The average Bonchev–Trinajstić information content (AvgIpc) is 3.10. The van der Waals surface area contributed by atoms with Gasteiger partial charge in [0.05, 0.1) is 17.7 Å². The first-order valence-corrected chi connectivity index (χ1v) is 10.2. The Hall–Kier alpha value is -3.00. The highest BCUT2D eigenvalue weighted by atomic mass is 32.1. The third kappa shape index (κ3) is 4.89. The predicted molar refractivity (Wildman–Crippen MR) is 108 cm³/mol. The summed E-state index contributed by atoms with van der Waals surface area (Å²) in [5, 5.41) is 3.12. The number of amides is 1. The Kier molecular flexibility index (Phi) is 6.77. The number of carbonyl (C=O) groups excluding carboxylic acids is 4. The van der Waals surface area contributed by atoms with Crippen molar-refractivity contribution in [3.05, 3.63) is 51.4 Å². The SMILES string of the molecule is CCOC(=O)c1c(NC(=O)COC(=O)c2ccc(C=O)cc2)sc2c1CCCC2. The molecule has 1 N–H and O–H groups in total. The molecule has 1 heterocycles. The molecule has 8 heteroatoms. The molecule has 0 aliphatic heterocycles. The van der Waals surface area contributed by atoms with E-state index in [-0.39, 0.29) is 12.2 Å². The third-order valence-corrected chi connectivity index (χ3v) is 5.73. The van der Waals surface area contributed by atoms with Crippen LogP contribution >= 0.6 is 11.3 Å². The lowest BCUT2D eigenvalue weighted by atomic mass is 9.95. The van der Waals surface area contributed by atoms with Gasteiger partial charge in [-0.1, -0.05) is 12.1 Å². The normalized spacial score (nSPS) is 12.6. The van der Waals surface area contributed by atoms with Gasteiger partial charge in [-0.2, -0.15) is 0 Å². The molecule has 0 saturated carbocycles. The molecule has 0 fully saturated rings. The van der Waals surface area contributed by atoms with Gasteiger partial charge >= 0.3 is 11.9 Å². The van der Waals surface area contributed by atoms with Crippen molar-refractivity contribution in [1.82, 2.24) is 0 Å². The van der Waals surface area contributed by atoms with E-state index in [0.29, 0.717) is 22.4 Å². The monoisotopic (exact) mass is 415 g/mol. The molecule has 1 amide bonds. The summed E-state index contributed by atoms with van der Waals surface area (Å²) in [6, 6.07) is 5.89. The quantitative estimate of drug-likeness (QED) is 0.550. The van der Waals surface area contributed by atoms with Crippen LogP contribution in [0.4, 0.5) is 5.00 Å². The summed E-state index contributed by atoms with van der Waals surface area (Å²) in [5.74, 6) is -1.66. The number of benzene rings is 1. The van der Waals surface area contributed by atoms with E-state index in [2.05, 4.69) is 5.32 Å². The molecule has 1 aliphatic rings. The van der Waals surface area contributed by atoms with Crippen LogP contribution in [0.1, 0.15) is 61.3 Å². The minimum Gasteiger partial charge on any atom is -0.462 e. The number of ether oxygens (including phenoxy) is 2. The molecule has 0 radical (unpaired) electrons. The summed E-state index contributed by atoms with van der Waals surface area (Å²) in [6.07, 6.45) is 4.35. The van der Waals surface area contributed by atoms with Crippen LogP contribution in [0.3, 0.4) is 0 Å².